The third kappa shape index (κ3) is 5.89. The van der Waals surface area contributed by atoms with E-state index in [2.05, 4.69) is 10.4 Å². The van der Waals surface area contributed by atoms with E-state index in [1.54, 1.807) is 29.1 Å². The Labute approximate surface area is 148 Å². The van der Waals surface area contributed by atoms with Crippen LogP contribution in [0.2, 0.25) is 0 Å². The summed E-state index contributed by atoms with van der Waals surface area (Å²) in [6, 6.07) is 6.04. The number of ether oxygens (including phenoxy) is 1. The van der Waals surface area contributed by atoms with Gasteiger partial charge in [-0.2, -0.15) is 5.10 Å². The summed E-state index contributed by atoms with van der Waals surface area (Å²) >= 11 is 0. The van der Waals surface area contributed by atoms with Gasteiger partial charge in [0, 0.05) is 19.7 Å². The van der Waals surface area contributed by atoms with E-state index >= 15 is 0 Å². The summed E-state index contributed by atoms with van der Waals surface area (Å²) < 4.78 is 21.0. The highest BCUT2D eigenvalue weighted by molar-refractivity contribution is 5.76. The molecule has 25 heavy (non-hydrogen) atoms. The summed E-state index contributed by atoms with van der Waals surface area (Å²) in [6.45, 7) is 6.26. The van der Waals surface area contributed by atoms with E-state index in [0.717, 1.165) is 5.56 Å². The standard InChI is InChI=1S/C19H26FN3O2/c1-19(2,3)17(13-25-16-8-6-5-7-15(16)20)22-18(24)10-9-14-11-21-23(4)12-14/h5-8,11-12,17H,9-10,13H2,1-4H3,(H,22,24). The van der Waals surface area contributed by atoms with Gasteiger partial charge in [0.05, 0.1) is 12.2 Å². The zero-order valence-electron chi connectivity index (χ0n) is 15.3. The first-order valence-corrected chi connectivity index (χ1v) is 8.40. The Morgan fingerprint density at radius 1 is 1.36 bits per heavy atom. The molecule has 136 valence electrons. The number of nitrogens with zero attached hydrogens (tertiary/aromatic N) is 2. The molecule has 2 aromatic rings. The van der Waals surface area contributed by atoms with Crippen molar-refractivity contribution in [3.8, 4) is 5.75 Å². The maximum Gasteiger partial charge on any atom is 0.220 e. The van der Waals surface area contributed by atoms with Crippen LogP contribution in [0.5, 0.6) is 5.75 Å². The van der Waals surface area contributed by atoms with E-state index < -0.39 is 5.82 Å². The van der Waals surface area contributed by atoms with Crippen LogP contribution in [0.4, 0.5) is 4.39 Å². The minimum absolute atomic E-state index is 0.0547. The summed E-state index contributed by atoms with van der Waals surface area (Å²) in [5.41, 5.74) is 0.808. The van der Waals surface area contributed by atoms with Gasteiger partial charge in [-0.1, -0.05) is 32.9 Å². The van der Waals surface area contributed by atoms with Crippen LogP contribution >= 0.6 is 0 Å². The molecule has 1 aromatic heterocycles. The molecule has 5 nitrogen and oxygen atoms in total. The SMILES string of the molecule is Cn1cc(CCC(=O)NC(COc2ccccc2F)C(C)(C)C)cn1. The molecule has 1 amide bonds. The molecule has 1 atom stereocenters. The Bertz CT molecular complexity index is 707. The van der Waals surface area contributed by atoms with Gasteiger partial charge in [0.2, 0.25) is 5.91 Å². The number of aromatic nitrogens is 2. The average Bonchev–Trinajstić information content (AvgIpc) is 2.95. The first-order valence-electron chi connectivity index (χ1n) is 8.40. The van der Waals surface area contributed by atoms with E-state index in [4.69, 9.17) is 4.74 Å². The predicted molar refractivity (Wildman–Crippen MR) is 94.8 cm³/mol. The molecule has 1 aromatic carbocycles. The lowest BCUT2D eigenvalue weighted by Crippen LogP contribution is -2.47. The first kappa shape index (κ1) is 19.0. The van der Waals surface area contributed by atoms with Crippen molar-refractivity contribution in [1.82, 2.24) is 15.1 Å². The summed E-state index contributed by atoms with van der Waals surface area (Å²) in [5, 5.41) is 7.11. The smallest absolute Gasteiger partial charge is 0.220 e. The maximum atomic E-state index is 13.7. The van der Waals surface area contributed by atoms with Crippen molar-refractivity contribution in [1.29, 1.82) is 0 Å². The van der Waals surface area contributed by atoms with Crippen molar-refractivity contribution < 1.29 is 13.9 Å². The van der Waals surface area contributed by atoms with Gasteiger partial charge < -0.3 is 10.1 Å². The molecule has 0 spiro atoms. The quantitative estimate of drug-likeness (QED) is 0.837. The number of carbonyl (C=O) groups excluding carboxylic acids is 1. The molecule has 0 saturated heterocycles. The molecule has 0 fully saturated rings. The highest BCUT2D eigenvalue weighted by Gasteiger charge is 2.27. The number of carbonyl (C=O) groups is 1. The number of benzene rings is 1. The average molecular weight is 347 g/mol. The molecule has 0 saturated carbocycles. The van der Waals surface area contributed by atoms with Gasteiger partial charge in [0.1, 0.15) is 6.61 Å². The molecule has 2 rings (SSSR count). The zero-order chi connectivity index (χ0) is 18.4. The number of para-hydroxylation sites is 1. The lowest BCUT2D eigenvalue weighted by Gasteiger charge is -2.31. The molecule has 0 aliphatic carbocycles. The largest absolute Gasteiger partial charge is 0.488 e. The molecular weight excluding hydrogens is 321 g/mol. The van der Waals surface area contributed by atoms with Crippen LogP contribution in [0.1, 0.15) is 32.8 Å². The lowest BCUT2D eigenvalue weighted by atomic mass is 9.87. The maximum absolute atomic E-state index is 13.7. The van der Waals surface area contributed by atoms with Crippen molar-refractivity contribution in [2.24, 2.45) is 12.5 Å². The Balaban J connectivity index is 1.91. The summed E-state index contributed by atoms with van der Waals surface area (Å²) in [6.07, 6.45) is 4.66. The number of hydrogen-bond acceptors (Lipinski definition) is 3. The van der Waals surface area contributed by atoms with Crippen molar-refractivity contribution in [3.63, 3.8) is 0 Å². The third-order valence-corrected chi connectivity index (χ3v) is 4.02. The van der Waals surface area contributed by atoms with Crippen LogP contribution in [0.15, 0.2) is 36.7 Å². The third-order valence-electron chi connectivity index (χ3n) is 4.02. The Kier molecular flexibility index (Phi) is 6.17. The second kappa shape index (κ2) is 8.14. The van der Waals surface area contributed by atoms with Crippen molar-refractivity contribution in [3.05, 3.63) is 48.0 Å². The van der Waals surface area contributed by atoms with Crippen LogP contribution in [-0.2, 0) is 18.3 Å². The molecular formula is C19H26FN3O2. The van der Waals surface area contributed by atoms with Gasteiger partial charge in [0.25, 0.3) is 0 Å². The Morgan fingerprint density at radius 2 is 2.08 bits per heavy atom. The van der Waals surface area contributed by atoms with Gasteiger partial charge in [-0.3, -0.25) is 9.48 Å². The fourth-order valence-corrected chi connectivity index (χ4v) is 2.37. The van der Waals surface area contributed by atoms with Crippen molar-refractivity contribution in [2.75, 3.05) is 6.61 Å². The van der Waals surface area contributed by atoms with Crippen LogP contribution in [0, 0.1) is 11.2 Å². The number of aryl methyl sites for hydroxylation is 2. The van der Waals surface area contributed by atoms with E-state index in [1.807, 2.05) is 34.0 Å². The molecule has 6 heteroatoms. The van der Waals surface area contributed by atoms with Crippen LogP contribution in [-0.4, -0.2) is 28.3 Å². The fraction of sp³-hybridized carbons (Fsp3) is 0.474. The normalized spacial score (nSPS) is 12.7. The summed E-state index contributed by atoms with van der Waals surface area (Å²) in [7, 11) is 1.85. The second-order valence-corrected chi connectivity index (χ2v) is 7.25. The Hall–Kier alpha value is -2.37. The highest BCUT2D eigenvalue weighted by atomic mass is 19.1. The molecule has 0 aliphatic heterocycles. The second-order valence-electron chi connectivity index (χ2n) is 7.25. The van der Waals surface area contributed by atoms with E-state index in [0.29, 0.717) is 12.8 Å². The number of amides is 1. The molecule has 1 unspecified atom stereocenters. The number of nitrogens with one attached hydrogen (secondary N) is 1. The first-order chi connectivity index (χ1) is 11.8. The van der Waals surface area contributed by atoms with Gasteiger partial charge in [-0.05, 0) is 29.5 Å². The zero-order valence-corrected chi connectivity index (χ0v) is 15.3. The molecule has 0 bridgehead atoms. The molecule has 1 N–H and O–H groups in total. The van der Waals surface area contributed by atoms with E-state index in [-0.39, 0.29) is 29.7 Å². The van der Waals surface area contributed by atoms with Crippen molar-refractivity contribution in [2.45, 2.75) is 39.7 Å². The van der Waals surface area contributed by atoms with Gasteiger partial charge in [-0.15, -0.1) is 0 Å². The topological polar surface area (TPSA) is 56.2 Å². The lowest BCUT2D eigenvalue weighted by molar-refractivity contribution is -0.122. The highest BCUT2D eigenvalue weighted by Crippen LogP contribution is 2.22. The molecule has 1 heterocycles. The summed E-state index contributed by atoms with van der Waals surface area (Å²) in [5.74, 6) is -0.264. The van der Waals surface area contributed by atoms with E-state index in [1.165, 1.54) is 6.07 Å². The van der Waals surface area contributed by atoms with Crippen LogP contribution < -0.4 is 10.1 Å². The summed E-state index contributed by atoms with van der Waals surface area (Å²) in [4.78, 5) is 12.3. The monoisotopic (exact) mass is 347 g/mol. The predicted octanol–water partition coefficient (Wildman–Crippen LogP) is 3.10. The minimum Gasteiger partial charge on any atom is -0.488 e. The van der Waals surface area contributed by atoms with Crippen LogP contribution in [0.3, 0.4) is 0 Å². The number of hydrogen-bond donors (Lipinski definition) is 1. The van der Waals surface area contributed by atoms with Gasteiger partial charge >= 0.3 is 0 Å². The molecule has 0 aliphatic rings. The van der Waals surface area contributed by atoms with Gasteiger partial charge in [0.15, 0.2) is 11.6 Å². The Morgan fingerprint density at radius 3 is 2.68 bits per heavy atom. The molecule has 0 radical (unpaired) electrons. The number of rotatable bonds is 7. The van der Waals surface area contributed by atoms with E-state index in [9.17, 15) is 9.18 Å². The fourth-order valence-electron chi connectivity index (χ4n) is 2.37. The number of halogens is 1. The minimum atomic E-state index is -0.405. The van der Waals surface area contributed by atoms with Gasteiger partial charge in [-0.25, -0.2) is 4.39 Å². The van der Waals surface area contributed by atoms with Crippen molar-refractivity contribution >= 4 is 5.91 Å². The van der Waals surface area contributed by atoms with Crippen LogP contribution in [0.25, 0.3) is 0 Å².